The molecule has 3 atom stereocenters. The second-order valence-corrected chi connectivity index (χ2v) is 10.9. The topological polar surface area (TPSA) is 105 Å². The molecule has 2 aromatic rings. The van der Waals surface area contributed by atoms with Crippen molar-refractivity contribution in [2.45, 2.75) is 56.7 Å². The number of carbonyl (C=O) groups is 2. The Morgan fingerprint density at radius 3 is 2.92 bits per heavy atom. The molecule has 1 aliphatic carbocycles. The van der Waals surface area contributed by atoms with E-state index in [4.69, 9.17) is 9.47 Å². The smallest absolute Gasteiger partial charge is 0.251 e. The standard InChI is InChI=1S/C28H37N5O4S/c1-29-12-14-36-15-16-37-23-9-5-2-6-19(23)27-26-21(18-31-28(26)35)32-20-7-3-4-8-22(20)33(27)25(34)11-10-24-30-13-17-38-24/h2,5-6,9,13,17,20,22,27,29,32H,3-4,7-8,10-12,14-16,18H2,1H3,(H,31,35)/t20-,22-,27-/m1/s1. The van der Waals surface area contributed by atoms with Gasteiger partial charge in [0.25, 0.3) is 5.91 Å². The van der Waals surface area contributed by atoms with Gasteiger partial charge in [0.2, 0.25) is 5.91 Å². The third kappa shape index (κ3) is 5.87. The van der Waals surface area contributed by atoms with Crippen LogP contribution in [-0.4, -0.2) is 73.7 Å². The van der Waals surface area contributed by atoms with Gasteiger partial charge in [-0.2, -0.15) is 0 Å². The normalized spacial score (nSPS) is 22.8. The lowest BCUT2D eigenvalue weighted by atomic mass is 9.87. The summed E-state index contributed by atoms with van der Waals surface area (Å²) in [7, 11) is 1.89. The number of hydrogen-bond donors (Lipinski definition) is 3. The third-order valence-electron chi connectivity index (χ3n) is 7.51. The number of benzene rings is 1. The van der Waals surface area contributed by atoms with E-state index in [0.717, 1.165) is 48.5 Å². The molecule has 9 nitrogen and oxygen atoms in total. The van der Waals surface area contributed by atoms with Crippen LogP contribution in [0.15, 0.2) is 47.1 Å². The predicted octanol–water partition coefficient (Wildman–Crippen LogP) is 2.56. The highest BCUT2D eigenvalue weighted by Crippen LogP contribution is 2.43. The number of likely N-dealkylation sites (N-methyl/N-ethyl adjacent to an activating group) is 1. The SMILES string of the molecule is CNCCOCCOc1ccccc1[C@@H]1C2=C(CNC2=O)N[C@@H]2CCCC[C@H]2N1C(=O)CCc1nccs1. The molecular formula is C28H37N5O4S. The number of ether oxygens (including phenoxy) is 2. The van der Waals surface area contributed by atoms with E-state index in [0.29, 0.717) is 50.5 Å². The summed E-state index contributed by atoms with van der Waals surface area (Å²) in [4.78, 5) is 33.8. The molecule has 1 aromatic heterocycles. The molecule has 0 spiro atoms. The van der Waals surface area contributed by atoms with E-state index in [1.807, 2.05) is 41.6 Å². The minimum Gasteiger partial charge on any atom is -0.491 e. The van der Waals surface area contributed by atoms with Crippen molar-refractivity contribution in [2.24, 2.45) is 0 Å². The molecule has 0 bridgehead atoms. The lowest BCUT2D eigenvalue weighted by Crippen LogP contribution is -2.53. The maximum absolute atomic E-state index is 14.1. The minimum absolute atomic E-state index is 0.00567. The van der Waals surface area contributed by atoms with Crippen LogP contribution < -0.4 is 20.7 Å². The maximum Gasteiger partial charge on any atom is 0.251 e. The van der Waals surface area contributed by atoms with Gasteiger partial charge in [-0.3, -0.25) is 9.59 Å². The molecule has 5 rings (SSSR count). The zero-order valence-corrected chi connectivity index (χ0v) is 22.7. The third-order valence-corrected chi connectivity index (χ3v) is 8.35. The molecule has 0 radical (unpaired) electrons. The molecule has 0 unspecified atom stereocenters. The van der Waals surface area contributed by atoms with Crippen LogP contribution in [0.25, 0.3) is 0 Å². The first-order valence-corrected chi connectivity index (χ1v) is 14.5. The number of rotatable bonds is 11. The largest absolute Gasteiger partial charge is 0.491 e. The van der Waals surface area contributed by atoms with Gasteiger partial charge in [-0.1, -0.05) is 31.0 Å². The molecule has 0 saturated heterocycles. The van der Waals surface area contributed by atoms with Gasteiger partial charge in [0, 0.05) is 48.3 Å². The van der Waals surface area contributed by atoms with E-state index in [-0.39, 0.29) is 23.9 Å². The summed E-state index contributed by atoms with van der Waals surface area (Å²) in [6, 6.07) is 7.37. The number of hydrogen-bond acceptors (Lipinski definition) is 8. The van der Waals surface area contributed by atoms with Crippen LogP contribution in [0.2, 0.25) is 0 Å². The highest BCUT2D eigenvalue weighted by Gasteiger charge is 2.46. The van der Waals surface area contributed by atoms with Crippen molar-refractivity contribution in [3.63, 3.8) is 0 Å². The summed E-state index contributed by atoms with van der Waals surface area (Å²) in [5, 5.41) is 12.6. The van der Waals surface area contributed by atoms with Crippen LogP contribution in [-0.2, 0) is 20.7 Å². The molecule has 1 aromatic carbocycles. The lowest BCUT2D eigenvalue weighted by Gasteiger charge is -2.43. The molecule has 2 amide bonds. The number of fused-ring (bicyclic) bond motifs is 1. The van der Waals surface area contributed by atoms with E-state index in [1.54, 1.807) is 17.5 Å². The summed E-state index contributed by atoms with van der Waals surface area (Å²) in [6.07, 6.45) is 6.76. The van der Waals surface area contributed by atoms with Crippen molar-refractivity contribution >= 4 is 23.2 Å². The van der Waals surface area contributed by atoms with Crippen LogP contribution in [0.4, 0.5) is 0 Å². The van der Waals surface area contributed by atoms with Crippen molar-refractivity contribution in [1.82, 2.24) is 25.8 Å². The van der Waals surface area contributed by atoms with Gasteiger partial charge in [-0.15, -0.1) is 11.3 Å². The first-order valence-electron chi connectivity index (χ1n) is 13.6. The zero-order chi connectivity index (χ0) is 26.3. The number of aryl methyl sites for hydroxylation is 1. The average molecular weight is 540 g/mol. The van der Waals surface area contributed by atoms with E-state index in [2.05, 4.69) is 20.9 Å². The van der Waals surface area contributed by atoms with Crippen LogP contribution in [0.1, 0.15) is 48.7 Å². The van der Waals surface area contributed by atoms with Gasteiger partial charge in [-0.25, -0.2) is 4.98 Å². The van der Waals surface area contributed by atoms with Crippen LogP contribution >= 0.6 is 11.3 Å². The molecule has 3 N–H and O–H groups in total. The minimum atomic E-state index is -0.529. The van der Waals surface area contributed by atoms with E-state index >= 15 is 0 Å². The fraction of sp³-hybridized carbons (Fsp3) is 0.536. The molecular weight excluding hydrogens is 502 g/mol. The second-order valence-electron chi connectivity index (χ2n) is 9.91. The molecule has 1 fully saturated rings. The zero-order valence-electron chi connectivity index (χ0n) is 21.9. The average Bonchev–Trinajstić information content (AvgIpc) is 3.55. The number of nitrogens with zero attached hydrogens (tertiary/aromatic N) is 2. The highest BCUT2D eigenvalue weighted by molar-refractivity contribution is 7.09. The Bertz CT molecular complexity index is 1140. The van der Waals surface area contributed by atoms with Gasteiger partial charge in [0.05, 0.1) is 42.4 Å². The van der Waals surface area contributed by atoms with E-state index in [9.17, 15) is 9.59 Å². The molecule has 38 heavy (non-hydrogen) atoms. The fourth-order valence-electron chi connectivity index (χ4n) is 5.76. The Labute approximate surface area is 228 Å². The summed E-state index contributed by atoms with van der Waals surface area (Å²) in [6.45, 7) is 2.68. The van der Waals surface area contributed by atoms with Crippen molar-refractivity contribution in [3.05, 3.63) is 57.7 Å². The first kappa shape index (κ1) is 26.6. The maximum atomic E-state index is 14.1. The quantitative estimate of drug-likeness (QED) is 0.377. The molecule has 204 valence electrons. The van der Waals surface area contributed by atoms with Crippen molar-refractivity contribution in [1.29, 1.82) is 0 Å². The van der Waals surface area contributed by atoms with Crippen LogP contribution in [0.5, 0.6) is 5.75 Å². The van der Waals surface area contributed by atoms with Crippen LogP contribution in [0.3, 0.4) is 0 Å². The Balaban J connectivity index is 1.48. The van der Waals surface area contributed by atoms with E-state index in [1.165, 1.54) is 0 Å². The summed E-state index contributed by atoms with van der Waals surface area (Å²) in [5.74, 6) is 0.592. The van der Waals surface area contributed by atoms with Gasteiger partial charge in [0.15, 0.2) is 0 Å². The monoisotopic (exact) mass is 539 g/mol. The summed E-state index contributed by atoms with van der Waals surface area (Å²) < 4.78 is 11.9. The number of para-hydroxylation sites is 1. The number of carbonyl (C=O) groups excluding carboxylic acids is 2. The number of amides is 2. The Morgan fingerprint density at radius 1 is 1.21 bits per heavy atom. The number of aromatic nitrogens is 1. The summed E-state index contributed by atoms with van der Waals surface area (Å²) in [5.41, 5.74) is 2.36. The molecule has 2 aliphatic heterocycles. The Morgan fingerprint density at radius 2 is 2.08 bits per heavy atom. The van der Waals surface area contributed by atoms with E-state index < -0.39 is 6.04 Å². The van der Waals surface area contributed by atoms with Crippen molar-refractivity contribution < 1.29 is 19.1 Å². The van der Waals surface area contributed by atoms with Gasteiger partial charge >= 0.3 is 0 Å². The Hall–Kier alpha value is -2.95. The summed E-state index contributed by atoms with van der Waals surface area (Å²) >= 11 is 1.57. The predicted molar refractivity (Wildman–Crippen MR) is 146 cm³/mol. The first-order chi connectivity index (χ1) is 18.7. The second kappa shape index (κ2) is 12.7. The number of thiazole rings is 1. The van der Waals surface area contributed by atoms with Gasteiger partial charge in [-0.05, 0) is 26.0 Å². The molecule has 3 heterocycles. The van der Waals surface area contributed by atoms with Gasteiger partial charge in [0.1, 0.15) is 12.4 Å². The van der Waals surface area contributed by atoms with Crippen LogP contribution in [0, 0.1) is 0 Å². The fourth-order valence-corrected chi connectivity index (χ4v) is 6.38. The molecule has 10 heteroatoms. The molecule has 3 aliphatic rings. The lowest BCUT2D eigenvalue weighted by molar-refractivity contribution is -0.137. The van der Waals surface area contributed by atoms with Gasteiger partial charge < -0.3 is 30.3 Å². The van der Waals surface area contributed by atoms with Crippen molar-refractivity contribution in [3.8, 4) is 5.75 Å². The molecule has 1 saturated carbocycles. The van der Waals surface area contributed by atoms with Crippen molar-refractivity contribution in [2.75, 3.05) is 40.0 Å². The highest BCUT2D eigenvalue weighted by atomic mass is 32.1. The number of nitrogens with one attached hydrogen (secondary N) is 3. The Kier molecular flexibility index (Phi) is 8.93.